The molecule has 3 N–H and O–H groups in total. The monoisotopic (exact) mass is 295 g/mol. The molecule has 0 aromatic carbocycles. The van der Waals surface area contributed by atoms with Crippen molar-refractivity contribution in [2.75, 3.05) is 19.7 Å². The Morgan fingerprint density at radius 3 is 2.38 bits per heavy atom. The number of carbonyl (C=O) groups is 1. The van der Waals surface area contributed by atoms with Gasteiger partial charge in [0.05, 0.1) is 0 Å². The van der Waals surface area contributed by atoms with Gasteiger partial charge in [0.2, 0.25) is 0 Å². The molecule has 1 saturated heterocycles. The van der Waals surface area contributed by atoms with E-state index in [0.29, 0.717) is 6.04 Å². The number of rotatable bonds is 4. The Morgan fingerprint density at radius 1 is 1.00 bits per heavy atom. The number of aliphatic hydroxyl groups is 1. The first kappa shape index (κ1) is 15.1. The molecule has 2 amide bonds. The fourth-order valence-corrected chi connectivity index (χ4v) is 3.86. The Labute approximate surface area is 127 Å². The largest absolute Gasteiger partial charge is 0.396 e. The molecule has 2 aliphatic carbocycles. The zero-order valence-corrected chi connectivity index (χ0v) is 12.9. The molecule has 2 saturated carbocycles. The highest BCUT2D eigenvalue weighted by molar-refractivity contribution is 5.74. The number of aliphatic hydroxyl groups excluding tert-OH is 1. The van der Waals surface area contributed by atoms with E-state index in [1.165, 1.54) is 19.3 Å². The van der Waals surface area contributed by atoms with E-state index in [1.54, 1.807) is 0 Å². The first-order valence-electron chi connectivity index (χ1n) is 8.68. The van der Waals surface area contributed by atoms with Gasteiger partial charge in [0, 0.05) is 43.7 Å². The lowest BCUT2D eigenvalue weighted by molar-refractivity contribution is 0.150. The fourth-order valence-electron chi connectivity index (χ4n) is 3.86. The highest BCUT2D eigenvalue weighted by Gasteiger charge is 2.32. The molecule has 1 aliphatic heterocycles. The Morgan fingerprint density at radius 2 is 1.71 bits per heavy atom. The SMILES string of the molecule is O=C(NC1CCN(C2CC2)CC1)NC1CCCCC1CO. The number of nitrogens with one attached hydrogen (secondary N) is 2. The summed E-state index contributed by atoms with van der Waals surface area (Å²) in [5.41, 5.74) is 0. The second kappa shape index (κ2) is 6.97. The van der Waals surface area contributed by atoms with Crippen molar-refractivity contribution >= 4 is 6.03 Å². The number of nitrogens with zero attached hydrogens (tertiary/aromatic N) is 1. The van der Waals surface area contributed by atoms with Crippen LogP contribution in [0.2, 0.25) is 0 Å². The molecule has 0 radical (unpaired) electrons. The van der Waals surface area contributed by atoms with Crippen LogP contribution in [0.3, 0.4) is 0 Å². The summed E-state index contributed by atoms with van der Waals surface area (Å²) in [6.07, 6.45) is 9.22. The molecule has 3 rings (SSSR count). The first-order chi connectivity index (χ1) is 10.3. The minimum absolute atomic E-state index is 0.0368. The van der Waals surface area contributed by atoms with E-state index >= 15 is 0 Å². The van der Waals surface area contributed by atoms with Gasteiger partial charge in [0.25, 0.3) is 0 Å². The smallest absolute Gasteiger partial charge is 0.315 e. The summed E-state index contributed by atoms with van der Waals surface area (Å²) in [5, 5.41) is 15.6. The van der Waals surface area contributed by atoms with Crippen molar-refractivity contribution in [2.24, 2.45) is 5.92 Å². The summed E-state index contributed by atoms with van der Waals surface area (Å²) in [6, 6.07) is 1.27. The number of hydrogen-bond acceptors (Lipinski definition) is 3. The molecule has 5 heteroatoms. The molecular weight excluding hydrogens is 266 g/mol. The molecule has 1 heterocycles. The van der Waals surface area contributed by atoms with Crippen LogP contribution in [0.4, 0.5) is 4.79 Å². The predicted octanol–water partition coefficient (Wildman–Crippen LogP) is 1.46. The molecule has 0 spiro atoms. The van der Waals surface area contributed by atoms with Crippen LogP contribution in [0.1, 0.15) is 51.4 Å². The van der Waals surface area contributed by atoms with E-state index in [0.717, 1.165) is 51.2 Å². The second-order valence-corrected chi connectivity index (χ2v) is 6.99. The predicted molar refractivity (Wildman–Crippen MR) is 82.1 cm³/mol. The molecule has 5 nitrogen and oxygen atoms in total. The lowest BCUT2D eigenvalue weighted by atomic mass is 9.85. The summed E-state index contributed by atoms with van der Waals surface area (Å²) in [5.74, 6) is 0.237. The van der Waals surface area contributed by atoms with Gasteiger partial charge in [-0.25, -0.2) is 4.79 Å². The van der Waals surface area contributed by atoms with Gasteiger partial charge in [-0.3, -0.25) is 0 Å². The Bertz CT molecular complexity index is 351. The van der Waals surface area contributed by atoms with Crippen LogP contribution in [-0.2, 0) is 0 Å². The first-order valence-corrected chi connectivity index (χ1v) is 8.68. The molecule has 3 aliphatic rings. The average molecular weight is 295 g/mol. The van der Waals surface area contributed by atoms with Crippen LogP contribution < -0.4 is 10.6 Å². The van der Waals surface area contributed by atoms with E-state index in [2.05, 4.69) is 15.5 Å². The minimum Gasteiger partial charge on any atom is -0.396 e. The maximum Gasteiger partial charge on any atom is 0.315 e. The number of urea groups is 1. The van der Waals surface area contributed by atoms with Crippen molar-refractivity contribution < 1.29 is 9.90 Å². The maximum absolute atomic E-state index is 12.2. The number of likely N-dealkylation sites (tertiary alicyclic amines) is 1. The molecule has 3 fully saturated rings. The molecule has 0 aromatic heterocycles. The standard InChI is InChI=1S/C16H29N3O2/c20-11-12-3-1-2-4-15(12)18-16(21)17-13-7-9-19(10-8-13)14-5-6-14/h12-15,20H,1-11H2,(H2,17,18,21). The third kappa shape index (κ3) is 4.10. The molecule has 0 bridgehead atoms. The van der Waals surface area contributed by atoms with E-state index in [9.17, 15) is 9.90 Å². The van der Waals surface area contributed by atoms with Crippen LogP contribution in [0.25, 0.3) is 0 Å². The molecule has 0 aromatic rings. The topological polar surface area (TPSA) is 64.6 Å². The third-order valence-corrected chi connectivity index (χ3v) is 5.39. The van der Waals surface area contributed by atoms with Crippen LogP contribution in [0.15, 0.2) is 0 Å². The van der Waals surface area contributed by atoms with Crippen molar-refractivity contribution in [1.29, 1.82) is 0 Å². The Hall–Kier alpha value is -0.810. The fraction of sp³-hybridized carbons (Fsp3) is 0.938. The van der Waals surface area contributed by atoms with Gasteiger partial charge in [-0.05, 0) is 38.5 Å². The second-order valence-electron chi connectivity index (χ2n) is 6.99. The molecule has 2 atom stereocenters. The summed E-state index contributed by atoms with van der Waals surface area (Å²) >= 11 is 0. The van der Waals surface area contributed by atoms with Gasteiger partial charge in [-0.15, -0.1) is 0 Å². The van der Waals surface area contributed by atoms with Crippen molar-refractivity contribution in [1.82, 2.24) is 15.5 Å². The molecular formula is C16H29N3O2. The van der Waals surface area contributed by atoms with E-state index in [1.807, 2.05) is 0 Å². The zero-order chi connectivity index (χ0) is 14.7. The highest BCUT2D eigenvalue weighted by atomic mass is 16.3. The summed E-state index contributed by atoms with van der Waals surface area (Å²) in [4.78, 5) is 14.7. The zero-order valence-electron chi connectivity index (χ0n) is 12.9. The van der Waals surface area contributed by atoms with Gasteiger partial charge in [-0.2, -0.15) is 0 Å². The van der Waals surface area contributed by atoms with E-state index < -0.39 is 0 Å². The van der Waals surface area contributed by atoms with Crippen molar-refractivity contribution in [3.8, 4) is 0 Å². The number of carbonyl (C=O) groups excluding carboxylic acids is 1. The number of hydrogen-bond donors (Lipinski definition) is 3. The van der Waals surface area contributed by atoms with Gasteiger partial charge < -0.3 is 20.6 Å². The average Bonchev–Trinajstić information content (AvgIpc) is 3.33. The quantitative estimate of drug-likeness (QED) is 0.736. The summed E-state index contributed by atoms with van der Waals surface area (Å²) in [7, 11) is 0. The lowest BCUT2D eigenvalue weighted by Gasteiger charge is -2.34. The van der Waals surface area contributed by atoms with Gasteiger partial charge >= 0.3 is 6.03 Å². The Balaban J connectivity index is 1.39. The minimum atomic E-state index is -0.0368. The Kier molecular flexibility index (Phi) is 5.01. The highest BCUT2D eigenvalue weighted by Crippen LogP contribution is 2.29. The van der Waals surface area contributed by atoms with Crippen molar-refractivity contribution in [2.45, 2.75) is 69.5 Å². The molecule has 21 heavy (non-hydrogen) atoms. The lowest BCUT2D eigenvalue weighted by Crippen LogP contribution is -2.52. The number of amides is 2. The maximum atomic E-state index is 12.2. The van der Waals surface area contributed by atoms with Crippen LogP contribution in [0.5, 0.6) is 0 Å². The van der Waals surface area contributed by atoms with Crippen LogP contribution in [0, 0.1) is 5.92 Å². The third-order valence-electron chi connectivity index (χ3n) is 5.39. The van der Waals surface area contributed by atoms with Crippen LogP contribution >= 0.6 is 0 Å². The normalized spacial score (nSPS) is 31.9. The van der Waals surface area contributed by atoms with Crippen molar-refractivity contribution in [3.05, 3.63) is 0 Å². The molecule has 120 valence electrons. The summed E-state index contributed by atoms with van der Waals surface area (Å²) < 4.78 is 0. The van der Waals surface area contributed by atoms with Gasteiger partial charge in [0.15, 0.2) is 0 Å². The van der Waals surface area contributed by atoms with Crippen molar-refractivity contribution in [3.63, 3.8) is 0 Å². The van der Waals surface area contributed by atoms with E-state index in [4.69, 9.17) is 0 Å². The molecule has 2 unspecified atom stereocenters. The van der Waals surface area contributed by atoms with Gasteiger partial charge in [0.1, 0.15) is 0 Å². The van der Waals surface area contributed by atoms with E-state index in [-0.39, 0.29) is 24.6 Å². The number of piperidine rings is 1. The van der Waals surface area contributed by atoms with Gasteiger partial charge in [-0.1, -0.05) is 12.8 Å². The van der Waals surface area contributed by atoms with Crippen LogP contribution in [-0.4, -0.2) is 53.9 Å². The summed E-state index contributed by atoms with van der Waals surface area (Å²) in [6.45, 7) is 2.43.